The molecule has 0 saturated carbocycles. The zero-order valence-electron chi connectivity index (χ0n) is 18.6. The van der Waals surface area contributed by atoms with Gasteiger partial charge in [0.15, 0.2) is 0 Å². The molecule has 2 amide bonds. The summed E-state index contributed by atoms with van der Waals surface area (Å²) in [5.41, 5.74) is 2.59. The number of anilines is 2. The molecule has 7 nitrogen and oxygen atoms in total. The van der Waals surface area contributed by atoms with Crippen molar-refractivity contribution in [1.29, 1.82) is 0 Å². The van der Waals surface area contributed by atoms with E-state index >= 15 is 0 Å². The number of nitro benzene ring substituents is 1. The fourth-order valence-electron chi connectivity index (χ4n) is 3.35. The normalized spacial score (nSPS) is 11.5. The number of hydrogen-bond donors (Lipinski definition) is 2. The van der Waals surface area contributed by atoms with Crippen molar-refractivity contribution in [3.05, 3.63) is 116 Å². The van der Waals surface area contributed by atoms with E-state index in [9.17, 15) is 19.7 Å². The molecule has 1 unspecified atom stereocenters. The number of carbonyl (C=O) groups excluding carboxylic acids is 2. The molecule has 4 aromatic rings. The van der Waals surface area contributed by atoms with Gasteiger partial charge in [-0.05, 0) is 59.8 Å². The maximum absolute atomic E-state index is 13.3. The Bertz CT molecular complexity index is 1340. The highest BCUT2D eigenvalue weighted by Gasteiger charge is 2.23. The van der Waals surface area contributed by atoms with Crippen LogP contribution in [0.1, 0.15) is 26.0 Å². The van der Waals surface area contributed by atoms with Crippen molar-refractivity contribution >= 4 is 52.0 Å². The summed E-state index contributed by atoms with van der Waals surface area (Å²) in [6, 6.07) is 24.6. The first-order valence-corrected chi connectivity index (χ1v) is 12.4. The molecule has 3 aromatic carbocycles. The van der Waals surface area contributed by atoms with Crippen LogP contribution >= 0.6 is 23.1 Å². The molecule has 1 aromatic heterocycles. The van der Waals surface area contributed by atoms with Crippen LogP contribution < -0.4 is 10.6 Å². The Kier molecular flexibility index (Phi) is 7.59. The number of thiophene rings is 1. The minimum atomic E-state index is -0.558. The van der Waals surface area contributed by atoms with Crippen LogP contribution in [-0.4, -0.2) is 16.7 Å². The zero-order chi connectivity index (χ0) is 24.8. The lowest BCUT2D eigenvalue weighted by molar-refractivity contribution is -0.384. The van der Waals surface area contributed by atoms with E-state index in [0.29, 0.717) is 21.8 Å². The average molecular weight is 504 g/mol. The van der Waals surface area contributed by atoms with Crippen LogP contribution in [0.25, 0.3) is 0 Å². The van der Waals surface area contributed by atoms with Crippen LogP contribution in [0.3, 0.4) is 0 Å². The molecule has 1 heterocycles. The number of thioether (sulfide) groups is 1. The monoisotopic (exact) mass is 503 g/mol. The molecule has 35 heavy (non-hydrogen) atoms. The largest absolute Gasteiger partial charge is 0.325 e. The number of nitrogens with one attached hydrogen (secondary N) is 2. The van der Waals surface area contributed by atoms with Crippen LogP contribution in [-0.2, 0) is 4.79 Å². The predicted octanol–water partition coefficient (Wildman–Crippen LogP) is 6.69. The van der Waals surface area contributed by atoms with Gasteiger partial charge >= 0.3 is 0 Å². The van der Waals surface area contributed by atoms with E-state index in [-0.39, 0.29) is 17.5 Å². The Morgan fingerprint density at radius 2 is 1.69 bits per heavy atom. The number of nitro groups is 1. The maximum Gasteiger partial charge on any atom is 0.269 e. The van der Waals surface area contributed by atoms with Crippen molar-refractivity contribution in [3.63, 3.8) is 0 Å². The lowest BCUT2D eigenvalue weighted by Crippen LogP contribution is -2.19. The zero-order valence-corrected chi connectivity index (χ0v) is 20.3. The minimum Gasteiger partial charge on any atom is -0.325 e. The summed E-state index contributed by atoms with van der Waals surface area (Å²) < 4.78 is 0. The van der Waals surface area contributed by atoms with Gasteiger partial charge in [-0.15, -0.1) is 23.1 Å². The maximum atomic E-state index is 13.3. The van der Waals surface area contributed by atoms with Crippen molar-refractivity contribution in [2.24, 2.45) is 0 Å². The molecule has 0 bridgehead atoms. The Morgan fingerprint density at radius 3 is 2.31 bits per heavy atom. The lowest BCUT2D eigenvalue weighted by atomic mass is 10.1. The second kappa shape index (κ2) is 11.0. The minimum absolute atomic E-state index is 0.0271. The average Bonchev–Trinajstić information content (AvgIpc) is 3.40. The molecule has 176 valence electrons. The highest BCUT2D eigenvalue weighted by molar-refractivity contribution is 8.00. The molecule has 0 spiro atoms. The molecule has 9 heteroatoms. The van der Waals surface area contributed by atoms with Crippen LogP contribution in [0.2, 0.25) is 0 Å². The van der Waals surface area contributed by atoms with E-state index in [4.69, 9.17) is 0 Å². The van der Waals surface area contributed by atoms with E-state index in [1.165, 1.54) is 35.2 Å². The smallest absolute Gasteiger partial charge is 0.269 e. The second-order valence-electron chi connectivity index (χ2n) is 7.61. The number of benzene rings is 3. The molecular weight excluding hydrogens is 482 g/mol. The highest BCUT2D eigenvalue weighted by atomic mass is 32.2. The quantitative estimate of drug-likeness (QED) is 0.158. The third-order valence-electron chi connectivity index (χ3n) is 5.13. The third kappa shape index (κ3) is 6.14. The number of nitrogens with zero attached hydrogens (tertiary/aromatic N) is 1. The van der Waals surface area contributed by atoms with Gasteiger partial charge in [-0.1, -0.05) is 36.4 Å². The standard InChI is InChI=1S/C26H21N3O4S2/c1-17-16-20(29(32)33)11-14-22(17)28-26(31)24(18-6-3-2-4-7-18)35-21-12-9-19(10-13-21)27-25(30)23-8-5-15-34-23/h2-16,24H,1H3,(H,27,30)(H,28,31). The summed E-state index contributed by atoms with van der Waals surface area (Å²) in [5.74, 6) is -0.409. The van der Waals surface area contributed by atoms with Gasteiger partial charge in [0, 0.05) is 28.4 Å². The Balaban J connectivity index is 1.51. The molecule has 0 aliphatic carbocycles. The van der Waals surface area contributed by atoms with Crippen molar-refractivity contribution in [3.8, 4) is 0 Å². The Morgan fingerprint density at radius 1 is 0.943 bits per heavy atom. The van der Waals surface area contributed by atoms with Crippen molar-refractivity contribution in [2.75, 3.05) is 10.6 Å². The molecule has 0 fully saturated rings. The van der Waals surface area contributed by atoms with E-state index in [1.54, 1.807) is 31.2 Å². The third-order valence-corrected chi connectivity index (χ3v) is 7.27. The van der Waals surface area contributed by atoms with Gasteiger partial charge in [-0.25, -0.2) is 0 Å². The summed E-state index contributed by atoms with van der Waals surface area (Å²) in [6.45, 7) is 1.72. The summed E-state index contributed by atoms with van der Waals surface area (Å²) in [4.78, 5) is 37.6. The van der Waals surface area contributed by atoms with Gasteiger partial charge in [-0.3, -0.25) is 19.7 Å². The molecule has 0 aliphatic heterocycles. The predicted molar refractivity (Wildman–Crippen MR) is 140 cm³/mol. The number of rotatable bonds is 8. The van der Waals surface area contributed by atoms with Gasteiger partial charge in [-0.2, -0.15) is 0 Å². The van der Waals surface area contributed by atoms with Crippen LogP contribution in [0.5, 0.6) is 0 Å². The number of non-ortho nitro benzene ring substituents is 1. The molecule has 2 N–H and O–H groups in total. The fourth-order valence-corrected chi connectivity index (χ4v) is 5.00. The summed E-state index contributed by atoms with van der Waals surface area (Å²) in [5, 5.41) is 18.1. The number of aryl methyl sites for hydroxylation is 1. The summed E-state index contributed by atoms with van der Waals surface area (Å²) in [6.07, 6.45) is 0. The molecular formula is C26H21N3O4S2. The van der Waals surface area contributed by atoms with E-state index in [0.717, 1.165) is 10.5 Å². The van der Waals surface area contributed by atoms with Gasteiger partial charge in [0.1, 0.15) is 5.25 Å². The number of amides is 2. The Labute approximate surface area is 210 Å². The fraction of sp³-hybridized carbons (Fsp3) is 0.0769. The first-order chi connectivity index (χ1) is 16.9. The molecule has 0 aliphatic rings. The first-order valence-electron chi connectivity index (χ1n) is 10.6. The van der Waals surface area contributed by atoms with Crippen molar-refractivity contribution in [2.45, 2.75) is 17.1 Å². The van der Waals surface area contributed by atoms with Crippen molar-refractivity contribution in [1.82, 2.24) is 0 Å². The molecule has 0 radical (unpaired) electrons. The topological polar surface area (TPSA) is 101 Å². The molecule has 0 saturated heterocycles. The van der Waals surface area contributed by atoms with Crippen LogP contribution in [0.15, 0.2) is 95.2 Å². The highest BCUT2D eigenvalue weighted by Crippen LogP contribution is 2.37. The van der Waals surface area contributed by atoms with Gasteiger partial charge in [0.25, 0.3) is 11.6 Å². The van der Waals surface area contributed by atoms with Gasteiger partial charge < -0.3 is 10.6 Å². The molecule has 1 atom stereocenters. The van der Waals surface area contributed by atoms with E-state index < -0.39 is 10.2 Å². The second-order valence-corrected chi connectivity index (χ2v) is 9.74. The summed E-state index contributed by atoms with van der Waals surface area (Å²) >= 11 is 2.75. The van der Waals surface area contributed by atoms with Gasteiger partial charge in [0.2, 0.25) is 5.91 Å². The van der Waals surface area contributed by atoms with E-state index in [1.807, 2.05) is 53.9 Å². The van der Waals surface area contributed by atoms with Crippen LogP contribution in [0.4, 0.5) is 17.1 Å². The van der Waals surface area contributed by atoms with Gasteiger partial charge in [0.05, 0.1) is 9.80 Å². The van der Waals surface area contributed by atoms with Crippen LogP contribution in [0, 0.1) is 17.0 Å². The Hall–Kier alpha value is -3.95. The van der Waals surface area contributed by atoms with Crippen molar-refractivity contribution < 1.29 is 14.5 Å². The lowest BCUT2D eigenvalue weighted by Gasteiger charge is -2.18. The summed E-state index contributed by atoms with van der Waals surface area (Å²) in [7, 11) is 0. The first kappa shape index (κ1) is 24.2. The SMILES string of the molecule is Cc1cc([N+](=O)[O-])ccc1NC(=O)C(Sc1ccc(NC(=O)c2cccs2)cc1)c1ccccc1. The number of carbonyl (C=O) groups is 2. The number of hydrogen-bond acceptors (Lipinski definition) is 6. The molecule has 4 rings (SSSR count). The van der Waals surface area contributed by atoms with E-state index in [2.05, 4.69) is 10.6 Å².